The molecule has 0 bridgehead atoms. The zero-order valence-corrected chi connectivity index (χ0v) is 18.0. The average Bonchev–Trinajstić information content (AvgIpc) is 3.64. The van der Waals surface area contributed by atoms with E-state index in [0.29, 0.717) is 12.4 Å². The number of aliphatic hydroxyl groups excluding tert-OH is 1. The molecule has 162 valence electrons. The van der Waals surface area contributed by atoms with Gasteiger partial charge >= 0.3 is 0 Å². The van der Waals surface area contributed by atoms with Crippen molar-refractivity contribution in [2.24, 2.45) is 0 Å². The van der Waals surface area contributed by atoms with Gasteiger partial charge in [0.1, 0.15) is 18.0 Å². The minimum Gasteiger partial charge on any atom is -0.387 e. The highest BCUT2D eigenvalue weighted by molar-refractivity contribution is 7.90. The van der Waals surface area contributed by atoms with E-state index >= 15 is 0 Å². The van der Waals surface area contributed by atoms with Gasteiger partial charge in [-0.3, -0.25) is 0 Å². The fraction of sp³-hybridized carbons (Fsp3) is 0.524. The number of hydrogen-bond acceptors (Lipinski definition) is 7. The molecular weight excluding hydrogens is 402 g/mol. The number of rotatable bonds is 8. The Kier molecular flexibility index (Phi) is 6.21. The predicted octanol–water partition coefficient (Wildman–Crippen LogP) is 2.01. The van der Waals surface area contributed by atoms with Crippen LogP contribution in [0.15, 0.2) is 42.7 Å². The lowest BCUT2D eigenvalue weighted by atomic mass is 10.1. The van der Waals surface area contributed by atoms with Crippen molar-refractivity contribution in [1.82, 2.24) is 14.3 Å². The van der Waals surface area contributed by atoms with Crippen LogP contribution in [0.4, 0.5) is 11.6 Å². The van der Waals surface area contributed by atoms with Crippen LogP contribution in [0.2, 0.25) is 0 Å². The molecule has 0 amide bonds. The van der Waals surface area contributed by atoms with Crippen LogP contribution in [-0.2, 0) is 10.0 Å². The summed E-state index contributed by atoms with van der Waals surface area (Å²) in [6.07, 6.45) is 4.04. The Hall–Kier alpha value is -2.23. The third-order valence-corrected chi connectivity index (χ3v) is 8.38. The van der Waals surface area contributed by atoms with E-state index in [1.165, 1.54) is 6.33 Å². The van der Waals surface area contributed by atoms with E-state index in [1.807, 2.05) is 36.4 Å². The van der Waals surface area contributed by atoms with E-state index in [1.54, 1.807) is 11.4 Å². The Bertz CT molecular complexity index is 944. The molecule has 1 saturated carbocycles. The lowest BCUT2D eigenvalue weighted by Gasteiger charge is -2.36. The summed E-state index contributed by atoms with van der Waals surface area (Å²) in [5, 5.41) is 13.3. The first-order valence-corrected chi connectivity index (χ1v) is 12.0. The maximum Gasteiger partial charge on any atom is 0.216 e. The summed E-state index contributed by atoms with van der Waals surface area (Å²) in [5.41, 5.74) is 0.853. The van der Waals surface area contributed by atoms with Gasteiger partial charge in [-0.15, -0.1) is 0 Å². The Balaban J connectivity index is 1.32. The highest BCUT2D eigenvalue weighted by Crippen LogP contribution is 2.33. The van der Waals surface area contributed by atoms with Gasteiger partial charge in [0.2, 0.25) is 10.0 Å². The standard InChI is InChI=1S/C21H29N5O3S/c1-25(30(28,29)18-7-8-18)17-9-11-26(12-10-17)21-13-20(23-15-24-21)22-14-19(27)16-5-3-2-4-6-16/h2-6,13,15,17-19,27H,7-12,14H2,1H3,(H,22,23,24). The van der Waals surface area contributed by atoms with Crippen molar-refractivity contribution in [1.29, 1.82) is 0 Å². The molecule has 8 nitrogen and oxygen atoms in total. The monoisotopic (exact) mass is 431 g/mol. The molecule has 30 heavy (non-hydrogen) atoms. The molecule has 1 aromatic heterocycles. The number of benzene rings is 1. The molecule has 1 atom stereocenters. The maximum absolute atomic E-state index is 12.5. The smallest absolute Gasteiger partial charge is 0.216 e. The average molecular weight is 432 g/mol. The zero-order valence-electron chi connectivity index (χ0n) is 17.2. The summed E-state index contributed by atoms with van der Waals surface area (Å²) in [6.45, 7) is 1.85. The van der Waals surface area contributed by atoms with Crippen molar-refractivity contribution >= 4 is 21.7 Å². The second-order valence-electron chi connectivity index (χ2n) is 8.05. The van der Waals surface area contributed by atoms with Gasteiger partial charge in [-0.1, -0.05) is 30.3 Å². The Morgan fingerprint density at radius 1 is 1.17 bits per heavy atom. The molecule has 2 aromatic rings. The summed E-state index contributed by atoms with van der Waals surface area (Å²) >= 11 is 0. The first-order valence-electron chi connectivity index (χ1n) is 10.5. The van der Waals surface area contributed by atoms with E-state index in [-0.39, 0.29) is 11.3 Å². The summed E-state index contributed by atoms with van der Waals surface area (Å²) in [7, 11) is -1.42. The SMILES string of the molecule is CN(C1CCN(c2cc(NCC(O)c3ccccc3)ncn2)CC1)S(=O)(=O)C1CC1. The molecule has 1 aromatic carbocycles. The molecule has 2 fully saturated rings. The van der Waals surface area contributed by atoms with E-state index in [2.05, 4.69) is 20.2 Å². The van der Waals surface area contributed by atoms with Crippen LogP contribution in [-0.4, -0.2) is 65.8 Å². The molecule has 1 unspecified atom stereocenters. The second-order valence-corrected chi connectivity index (χ2v) is 10.3. The number of aromatic nitrogens is 2. The molecule has 1 saturated heterocycles. The molecule has 9 heteroatoms. The normalized spacial score (nSPS) is 19.1. The van der Waals surface area contributed by atoms with Crippen LogP contribution in [0, 0.1) is 0 Å². The molecule has 0 radical (unpaired) electrons. The molecular formula is C21H29N5O3S. The van der Waals surface area contributed by atoms with Crippen LogP contribution in [0.1, 0.15) is 37.4 Å². The highest BCUT2D eigenvalue weighted by atomic mass is 32.2. The summed E-state index contributed by atoms with van der Waals surface area (Å²) < 4.78 is 26.6. The van der Waals surface area contributed by atoms with Crippen molar-refractivity contribution in [3.05, 3.63) is 48.3 Å². The van der Waals surface area contributed by atoms with Gasteiger partial charge in [0.05, 0.1) is 11.4 Å². The van der Waals surface area contributed by atoms with E-state index in [0.717, 1.165) is 50.2 Å². The highest BCUT2D eigenvalue weighted by Gasteiger charge is 2.41. The number of aliphatic hydroxyl groups is 1. The van der Waals surface area contributed by atoms with Crippen molar-refractivity contribution in [2.45, 2.75) is 43.1 Å². The van der Waals surface area contributed by atoms with Gasteiger partial charge in [-0.25, -0.2) is 22.7 Å². The summed E-state index contributed by atoms with van der Waals surface area (Å²) in [6, 6.07) is 11.4. The Morgan fingerprint density at radius 3 is 2.53 bits per heavy atom. The number of anilines is 2. The Labute approximate surface area is 178 Å². The lowest BCUT2D eigenvalue weighted by molar-refractivity contribution is 0.191. The molecule has 1 aliphatic carbocycles. The third-order valence-electron chi connectivity index (χ3n) is 5.96. The van der Waals surface area contributed by atoms with Crippen molar-refractivity contribution in [3.8, 4) is 0 Å². The summed E-state index contributed by atoms with van der Waals surface area (Å²) in [5.74, 6) is 1.47. The largest absolute Gasteiger partial charge is 0.387 e. The van der Waals surface area contributed by atoms with Crippen molar-refractivity contribution in [3.63, 3.8) is 0 Å². The molecule has 2 N–H and O–H groups in total. The zero-order chi connectivity index (χ0) is 21.1. The first kappa shape index (κ1) is 21.0. The lowest BCUT2D eigenvalue weighted by Crippen LogP contribution is -2.46. The van der Waals surface area contributed by atoms with E-state index in [4.69, 9.17) is 0 Å². The van der Waals surface area contributed by atoms with Crippen LogP contribution in [0.25, 0.3) is 0 Å². The molecule has 4 rings (SSSR count). The number of nitrogens with one attached hydrogen (secondary N) is 1. The van der Waals surface area contributed by atoms with Crippen LogP contribution in [0.3, 0.4) is 0 Å². The van der Waals surface area contributed by atoms with Gasteiger partial charge in [-0.2, -0.15) is 0 Å². The minimum absolute atomic E-state index is 0.0484. The van der Waals surface area contributed by atoms with Crippen LogP contribution in [0.5, 0.6) is 0 Å². The second kappa shape index (κ2) is 8.87. The third kappa shape index (κ3) is 4.74. The van der Waals surface area contributed by atoms with Crippen LogP contribution < -0.4 is 10.2 Å². The van der Waals surface area contributed by atoms with Crippen molar-refractivity contribution < 1.29 is 13.5 Å². The van der Waals surface area contributed by atoms with Gasteiger partial charge in [-0.05, 0) is 31.2 Å². The molecule has 0 spiro atoms. The van der Waals surface area contributed by atoms with Gasteiger partial charge in [0.25, 0.3) is 0 Å². The fourth-order valence-electron chi connectivity index (χ4n) is 3.88. The molecule has 2 aliphatic rings. The van der Waals surface area contributed by atoms with Gasteiger partial charge in [0, 0.05) is 38.8 Å². The summed E-state index contributed by atoms with van der Waals surface area (Å²) in [4.78, 5) is 10.8. The Morgan fingerprint density at radius 2 is 1.87 bits per heavy atom. The fourth-order valence-corrected chi connectivity index (χ4v) is 5.71. The number of nitrogens with zero attached hydrogens (tertiary/aromatic N) is 4. The quantitative estimate of drug-likeness (QED) is 0.660. The molecule has 2 heterocycles. The predicted molar refractivity (Wildman–Crippen MR) is 117 cm³/mol. The number of sulfonamides is 1. The first-order chi connectivity index (χ1) is 14.4. The van der Waals surface area contributed by atoms with E-state index < -0.39 is 16.1 Å². The van der Waals surface area contributed by atoms with Crippen LogP contribution >= 0.6 is 0 Å². The van der Waals surface area contributed by atoms with Gasteiger partial charge < -0.3 is 15.3 Å². The molecule has 1 aliphatic heterocycles. The topological polar surface area (TPSA) is 98.7 Å². The van der Waals surface area contributed by atoms with Gasteiger partial charge in [0.15, 0.2) is 0 Å². The number of hydrogen-bond donors (Lipinski definition) is 2. The van der Waals surface area contributed by atoms with E-state index in [9.17, 15) is 13.5 Å². The maximum atomic E-state index is 12.5. The minimum atomic E-state index is -3.14. The van der Waals surface area contributed by atoms with Crippen molar-refractivity contribution in [2.75, 3.05) is 36.9 Å². The number of piperidine rings is 1.